The summed E-state index contributed by atoms with van der Waals surface area (Å²) in [5, 5.41) is 9.29. The Morgan fingerprint density at radius 2 is 2.40 bits per heavy atom. The van der Waals surface area contributed by atoms with Crippen LogP contribution in [0.3, 0.4) is 0 Å². The van der Waals surface area contributed by atoms with Crippen LogP contribution < -0.4 is 0 Å². The van der Waals surface area contributed by atoms with Gasteiger partial charge in [-0.25, -0.2) is 0 Å². The van der Waals surface area contributed by atoms with Gasteiger partial charge in [0.05, 0.1) is 18.8 Å². The number of hydrogen-bond donors (Lipinski definition) is 1. The van der Waals surface area contributed by atoms with Gasteiger partial charge >= 0.3 is 0 Å². The van der Waals surface area contributed by atoms with Gasteiger partial charge in [0.2, 0.25) is 0 Å². The Bertz CT molecular complexity index is 105. The van der Waals surface area contributed by atoms with Crippen molar-refractivity contribution in [2.75, 3.05) is 13.7 Å². The lowest BCUT2D eigenvalue weighted by Gasteiger charge is -2.11. The summed E-state index contributed by atoms with van der Waals surface area (Å²) < 4.78 is 10.2. The molecular formula is C7H14O3. The Kier molecular flexibility index (Phi) is 2.65. The van der Waals surface area contributed by atoms with Crippen LogP contribution in [-0.4, -0.2) is 37.1 Å². The van der Waals surface area contributed by atoms with Gasteiger partial charge in [0.1, 0.15) is 6.10 Å². The molecule has 1 rings (SSSR count). The van der Waals surface area contributed by atoms with E-state index in [2.05, 4.69) is 0 Å². The molecule has 3 nitrogen and oxygen atoms in total. The van der Waals surface area contributed by atoms with Crippen molar-refractivity contribution < 1.29 is 14.6 Å². The molecule has 1 heterocycles. The molecule has 1 fully saturated rings. The molecule has 3 atom stereocenters. The minimum atomic E-state index is -0.338. The van der Waals surface area contributed by atoms with E-state index in [1.165, 1.54) is 0 Å². The fourth-order valence-corrected chi connectivity index (χ4v) is 1.25. The second-order valence-corrected chi connectivity index (χ2v) is 2.74. The van der Waals surface area contributed by atoms with Gasteiger partial charge in [0.25, 0.3) is 0 Å². The van der Waals surface area contributed by atoms with E-state index in [4.69, 9.17) is 9.47 Å². The molecule has 1 aliphatic heterocycles. The van der Waals surface area contributed by atoms with E-state index in [1.807, 2.05) is 6.92 Å². The third kappa shape index (κ3) is 1.68. The van der Waals surface area contributed by atoms with Crippen LogP contribution in [0.4, 0.5) is 0 Å². The third-order valence-corrected chi connectivity index (χ3v) is 1.74. The molecule has 60 valence electrons. The quantitative estimate of drug-likeness (QED) is 0.603. The monoisotopic (exact) mass is 146 g/mol. The SMILES string of the molecule is COCC1O[C@@H](C)CC1O. The molecule has 2 unspecified atom stereocenters. The van der Waals surface area contributed by atoms with Gasteiger partial charge in [-0.05, 0) is 6.92 Å². The Morgan fingerprint density at radius 3 is 2.80 bits per heavy atom. The van der Waals surface area contributed by atoms with E-state index >= 15 is 0 Å². The van der Waals surface area contributed by atoms with Gasteiger partial charge in [-0.15, -0.1) is 0 Å². The predicted molar refractivity (Wildman–Crippen MR) is 36.8 cm³/mol. The molecule has 0 bridgehead atoms. The summed E-state index contributed by atoms with van der Waals surface area (Å²) >= 11 is 0. The summed E-state index contributed by atoms with van der Waals surface area (Å²) in [6.07, 6.45) is 0.457. The van der Waals surface area contributed by atoms with E-state index < -0.39 is 0 Å². The average Bonchev–Trinajstić information content (AvgIpc) is 2.13. The summed E-state index contributed by atoms with van der Waals surface area (Å²) in [5.41, 5.74) is 0. The molecule has 0 saturated carbocycles. The van der Waals surface area contributed by atoms with E-state index in [0.717, 1.165) is 6.42 Å². The van der Waals surface area contributed by atoms with Crippen molar-refractivity contribution in [3.05, 3.63) is 0 Å². The van der Waals surface area contributed by atoms with E-state index in [9.17, 15) is 5.11 Å². The predicted octanol–water partition coefficient (Wildman–Crippen LogP) is 0.171. The maximum Gasteiger partial charge on any atom is 0.107 e. The van der Waals surface area contributed by atoms with Gasteiger partial charge in [-0.3, -0.25) is 0 Å². The summed E-state index contributed by atoms with van der Waals surface area (Å²) in [7, 11) is 1.61. The van der Waals surface area contributed by atoms with Crippen LogP contribution in [-0.2, 0) is 9.47 Å². The Balaban J connectivity index is 2.31. The van der Waals surface area contributed by atoms with Crippen LogP contribution in [0.1, 0.15) is 13.3 Å². The fourth-order valence-electron chi connectivity index (χ4n) is 1.25. The Labute approximate surface area is 60.9 Å². The molecule has 3 heteroatoms. The van der Waals surface area contributed by atoms with Crippen LogP contribution in [0.25, 0.3) is 0 Å². The van der Waals surface area contributed by atoms with E-state index in [-0.39, 0.29) is 18.3 Å². The van der Waals surface area contributed by atoms with Crippen molar-refractivity contribution in [1.29, 1.82) is 0 Å². The van der Waals surface area contributed by atoms with Gasteiger partial charge in [-0.1, -0.05) is 0 Å². The largest absolute Gasteiger partial charge is 0.390 e. The maximum atomic E-state index is 9.29. The second kappa shape index (κ2) is 3.32. The minimum Gasteiger partial charge on any atom is -0.390 e. The number of hydrogen-bond acceptors (Lipinski definition) is 3. The van der Waals surface area contributed by atoms with Crippen LogP contribution in [0, 0.1) is 0 Å². The number of rotatable bonds is 2. The van der Waals surface area contributed by atoms with Crippen molar-refractivity contribution >= 4 is 0 Å². The molecular weight excluding hydrogens is 132 g/mol. The topological polar surface area (TPSA) is 38.7 Å². The summed E-state index contributed by atoms with van der Waals surface area (Å²) in [6, 6.07) is 0. The molecule has 1 N–H and O–H groups in total. The van der Waals surface area contributed by atoms with Crippen molar-refractivity contribution in [1.82, 2.24) is 0 Å². The first-order valence-corrected chi connectivity index (χ1v) is 3.56. The van der Waals surface area contributed by atoms with Gasteiger partial charge in [0, 0.05) is 13.5 Å². The number of aliphatic hydroxyl groups is 1. The summed E-state index contributed by atoms with van der Waals surface area (Å²) in [4.78, 5) is 0. The molecule has 0 aromatic carbocycles. The third-order valence-electron chi connectivity index (χ3n) is 1.74. The van der Waals surface area contributed by atoms with Gasteiger partial charge < -0.3 is 14.6 Å². The highest BCUT2D eigenvalue weighted by molar-refractivity contribution is 4.79. The lowest BCUT2D eigenvalue weighted by Crippen LogP contribution is -2.25. The zero-order chi connectivity index (χ0) is 7.56. The lowest BCUT2D eigenvalue weighted by atomic mass is 10.1. The van der Waals surface area contributed by atoms with Crippen molar-refractivity contribution in [3.63, 3.8) is 0 Å². The highest BCUT2D eigenvalue weighted by Crippen LogP contribution is 2.19. The molecule has 0 spiro atoms. The molecule has 0 aromatic heterocycles. The van der Waals surface area contributed by atoms with Gasteiger partial charge in [-0.2, -0.15) is 0 Å². The lowest BCUT2D eigenvalue weighted by molar-refractivity contribution is -0.0288. The van der Waals surface area contributed by atoms with E-state index in [0.29, 0.717) is 6.61 Å². The fraction of sp³-hybridized carbons (Fsp3) is 1.00. The summed E-state index contributed by atoms with van der Waals surface area (Å²) in [6.45, 7) is 2.45. The van der Waals surface area contributed by atoms with Crippen molar-refractivity contribution in [2.24, 2.45) is 0 Å². The van der Waals surface area contributed by atoms with Crippen LogP contribution in [0.2, 0.25) is 0 Å². The van der Waals surface area contributed by atoms with Crippen molar-refractivity contribution in [2.45, 2.75) is 31.7 Å². The molecule has 1 aliphatic rings. The van der Waals surface area contributed by atoms with E-state index in [1.54, 1.807) is 7.11 Å². The zero-order valence-corrected chi connectivity index (χ0v) is 6.41. The Hall–Kier alpha value is -0.120. The normalized spacial score (nSPS) is 40.5. The molecule has 0 aliphatic carbocycles. The average molecular weight is 146 g/mol. The van der Waals surface area contributed by atoms with Crippen LogP contribution in [0.5, 0.6) is 0 Å². The summed E-state index contributed by atoms with van der Waals surface area (Å²) in [5.74, 6) is 0. The highest BCUT2D eigenvalue weighted by Gasteiger charge is 2.30. The number of aliphatic hydroxyl groups excluding tert-OH is 1. The van der Waals surface area contributed by atoms with Crippen LogP contribution in [0.15, 0.2) is 0 Å². The second-order valence-electron chi connectivity index (χ2n) is 2.74. The first-order chi connectivity index (χ1) is 4.74. The first kappa shape index (κ1) is 7.98. The standard InChI is InChI=1S/C7H14O3/c1-5-3-6(8)7(10-5)4-9-2/h5-8H,3-4H2,1-2H3/t5-,6?,7?/m0/s1. The smallest absolute Gasteiger partial charge is 0.107 e. The zero-order valence-electron chi connectivity index (χ0n) is 6.41. The molecule has 0 aromatic rings. The minimum absolute atomic E-state index is 0.111. The maximum absolute atomic E-state index is 9.29. The molecule has 1 saturated heterocycles. The molecule has 0 amide bonds. The van der Waals surface area contributed by atoms with Gasteiger partial charge in [0.15, 0.2) is 0 Å². The van der Waals surface area contributed by atoms with Crippen molar-refractivity contribution in [3.8, 4) is 0 Å². The number of methoxy groups -OCH3 is 1. The first-order valence-electron chi connectivity index (χ1n) is 3.56. The highest BCUT2D eigenvalue weighted by atomic mass is 16.5. The molecule has 10 heavy (non-hydrogen) atoms. The van der Waals surface area contributed by atoms with Crippen LogP contribution >= 0.6 is 0 Å². The Morgan fingerprint density at radius 1 is 1.70 bits per heavy atom. The molecule has 0 radical (unpaired) electrons. The number of ether oxygens (including phenoxy) is 2.